The molecule has 0 aromatic heterocycles. The molecule has 1 fully saturated rings. The highest BCUT2D eigenvalue weighted by Gasteiger charge is 2.21. The molecule has 1 atom stereocenters. The van der Waals surface area contributed by atoms with Crippen LogP contribution < -0.4 is 10.6 Å². The third kappa shape index (κ3) is 2.10. The van der Waals surface area contributed by atoms with Gasteiger partial charge in [-0.15, -0.1) is 0 Å². The average Bonchev–Trinajstić information content (AvgIpc) is 2.82. The molecule has 3 nitrogen and oxygen atoms in total. The minimum atomic E-state index is 0.543. The van der Waals surface area contributed by atoms with E-state index in [1.54, 1.807) is 6.07 Å². The molecule has 0 aliphatic carbocycles. The highest BCUT2D eigenvalue weighted by Crippen LogP contribution is 2.30. The first kappa shape index (κ1) is 11.2. The van der Waals surface area contributed by atoms with Crippen molar-refractivity contribution in [2.45, 2.75) is 12.5 Å². The van der Waals surface area contributed by atoms with Gasteiger partial charge in [-0.1, -0.05) is 0 Å². The van der Waals surface area contributed by atoms with E-state index in [9.17, 15) is 0 Å². The third-order valence-corrected chi connectivity index (χ3v) is 4.14. The topological polar surface area (TPSA) is 53.0 Å². The fraction of sp³-hybridized carbons (Fsp3) is 0.417. The van der Waals surface area contributed by atoms with Crippen molar-refractivity contribution in [1.29, 1.82) is 5.26 Å². The SMILES string of the molecule is CN(c1cc(C#N)ccc1N)C1CCSC1. The summed E-state index contributed by atoms with van der Waals surface area (Å²) in [6.07, 6.45) is 1.19. The normalized spacial score (nSPS) is 19.4. The molecule has 1 aromatic carbocycles. The number of rotatable bonds is 2. The van der Waals surface area contributed by atoms with Gasteiger partial charge in [0.25, 0.3) is 0 Å². The van der Waals surface area contributed by atoms with Crippen LogP contribution in [0.1, 0.15) is 12.0 Å². The van der Waals surface area contributed by atoms with Crippen LogP contribution in [0.5, 0.6) is 0 Å². The number of nitrogen functional groups attached to an aromatic ring is 1. The minimum absolute atomic E-state index is 0.543. The third-order valence-electron chi connectivity index (χ3n) is 2.99. The first-order valence-corrected chi connectivity index (χ1v) is 6.48. The lowest BCUT2D eigenvalue weighted by Crippen LogP contribution is -2.31. The summed E-state index contributed by atoms with van der Waals surface area (Å²) in [5, 5.41) is 8.89. The van der Waals surface area contributed by atoms with Gasteiger partial charge in [0, 0.05) is 18.8 Å². The van der Waals surface area contributed by atoms with Gasteiger partial charge in [-0.05, 0) is 30.4 Å². The Bertz CT molecular complexity index is 419. The number of nitriles is 1. The average molecular weight is 233 g/mol. The second kappa shape index (κ2) is 4.67. The minimum Gasteiger partial charge on any atom is -0.397 e. The lowest BCUT2D eigenvalue weighted by Gasteiger charge is -2.27. The molecule has 1 aromatic rings. The molecule has 4 heteroatoms. The van der Waals surface area contributed by atoms with Crippen LogP contribution in [0.15, 0.2) is 18.2 Å². The maximum absolute atomic E-state index is 8.89. The van der Waals surface area contributed by atoms with Crippen LogP contribution in [-0.2, 0) is 0 Å². The van der Waals surface area contributed by atoms with Crippen LogP contribution in [0.3, 0.4) is 0 Å². The standard InChI is InChI=1S/C12H15N3S/c1-15(10-4-5-16-8-10)12-6-9(7-13)2-3-11(12)14/h2-3,6,10H,4-5,8,14H2,1H3. The molecule has 0 bridgehead atoms. The van der Waals surface area contributed by atoms with E-state index in [0.717, 1.165) is 17.1 Å². The molecule has 1 saturated heterocycles. The van der Waals surface area contributed by atoms with Crippen molar-refractivity contribution >= 4 is 23.1 Å². The van der Waals surface area contributed by atoms with Crippen molar-refractivity contribution in [2.75, 3.05) is 29.2 Å². The van der Waals surface area contributed by atoms with Gasteiger partial charge in [-0.2, -0.15) is 17.0 Å². The Morgan fingerprint density at radius 1 is 1.56 bits per heavy atom. The number of hydrogen-bond donors (Lipinski definition) is 1. The van der Waals surface area contributed by atoms with Gasteiger partial charge < -0.3 is 10.6 Å². The molecule has 2 N–H and O–H groups in total. The zero-order chi connectivity index (χ0) is 11.5. The zero-order valence-electron chi connectivity index (χ0n) is 9.31. The number of benzene rings is 1. The van der Waals surface area contributed by atoms with Crippen molar-refractivity contribution in [3.8, 4) is 6.07 Å². The summed E-state index contributed by atoms with van der Waals surface area (Å²) >= 11 is 1.97. The van der Waals surface area contributed by atoms with Crippen molar-refractivity contribution in [3.63, 3.8) is 0 Å². The Hall–Kier alpha value is -1.34. The van der Waals surface area contributed by atoms with E-state index in [4.69, 9.17) is 11.0 Å². The summed E-state index contributed by atoms with van der Waals surface area (Å²) in [6, 6.07) is 8.14. The molecular formula is C12H15N3S. The van der Waals surface area contributed by atoms with E-state index in [2.05, 4.69) is 18.0 Å². The first-order valence-electron chi connectivity index (χ1n) is 5.32. The van der Waals surface area contributed by atoms with Crippen LogP contribution in [0.25, 0.3) is 0 Å². The second-order valence-corrected chi connectivity index (χ2v) is 5.16. The Morgan fingerprint density at radius 2 is 2.38 bits per heavy atom. The van der Waals surface area contributed by atoms with Gasteiger partial charge in [-0.3, -0.25) is 0 Å². The quantitative estimate of drug-likeness (QED) is 0.795. The zero-order valence-corrected chi connectivity index (χ0v) is 10.1. The monoisotopic (exact) mass is 233 g/mol. The molecule has 1 unspecified atom stereocenters. The number of anilines is 2. The number of thioether (sulfide) groups is 1. The second-order valence-electron chi connectivity index (χ2n) is 4.01. The fourth-order valence-corrected chi connectivity index (χ4v) is 3.21. The predicted octanol–water partition coefficient (Wildman–Crippen LogP) is 2.08. The Morgan fingerprint density at radius 3 is 3.00 bits per heavy atom. The Balaban J connectivity index is 2.27. The summed E-state index contributed by atoms with van der Waals surface area (Å²) in [4.78, 5) is 2.20. The molecule has 2 rings (SSSR count). The predicted molar refractivity (Wildman–Crippen MR) is 69.7 cm³/mol. The molecule has 16 heavy (non-hydrogen) atoms. The molecular weight excluding hydrogens is 218 g/mol. The van der Waals surface area contributed by atoms with Crippen molar-refractivity contribution in [3.05, 3.63) is 23.8 Å². The highest BCUT2D eigenvalue weighted by molar-refractivity contribution is 7.99. The largest absolute Gasteiger partial charge is 0.397 e. The van der Waals surface area contributed by atoms with Crippen LogP contribution in [-0.4, -0.2) is 24.6 Å². The summed E-state index contributed by atoms with van der Waals surface area (Å²) < 4.78 is 0. The fourth-order valence-electron chi connectivity index (χ4n) is 1.94. The van der Waals surface area contributed by atoms with E-state index < -0.39 is 0 Å². The molecule has 0 amide bonds. The molecule has 0 spiro atoms. The van der Waals surface area contributed by atoms with Gasteiger partial charge in [0.2, 0.25) is 0 Å². The lowest BCUT2D eigenvalue weighted by molar-refractivity contribution is 0.701. The van der Waals surface area contributed by atoms with Gasteiger partial charge in [0.1, 0.15) is 0 Å². The van der Waals surface area contributed by atoms with Crippen molar-refractivity contribution < 1.29 is 0 Å². The summed E-state index contributed by atoms with van der Waals surface area (Å²) in [5.74, 6) is 2.36. The van der Waals surface area contributed by atoms with Crippen LogP contribution in [0.2, 0.25) is 0 Å². The molecule has 0 radical (unpaired) electrons. The summed E-state index contributed by atoms with van der Waals surface area (Å²) in [5.41, 5.74) is 8.35. The Kier molecular flexibility index (Phi) is 3.25. The highest BCUT2D eigenvalue weighted by atomic mass is 32.2. The van der Waals surface area contributed by atoms with E-state index in [0.29, 0.717) is 11.6 Å². The molecule has 84 valence electrons. The lowest BCUT2D eigenvalue weighted by atomic mass is 10.1. The molecule has 1 aliphatic rings. The van der Waals surface area contributed by atoms with E-state index >= 15 is 0 Å². The Labute approximate surface area is 100 Å². The van der Waals surface area contributed by atoms with Gasteiger partial charge in [0.05, 0.1) is 23.0 Å². The van der Waals surface area contributed by atoms with Crippen molar-refractivity contribution in [2.24, 2.45) is 0 Å². The van der Waals surface area contributed by atoms with Gasteiger partial charge in [-0.25, -0.2) is 0 Å². The van der Waals surface area contributed by atoms with Crippen LogP contribution in [0.4, 0.5) is 11.4 Å². The molecule has 1 heterocycles. The molecule has 0 saturated carbocycles. The number of hydrogen-bond acceptors (Lipinski definition) is 4. The van der Waals surface area contributed by atoms with E-state index in [-0.39, 0.29) is 0 Å². The van der Waals surface area contributed by atoms with Crippen molar-refractivity contribution in [1.82, 2.24) is 0 Å². The van der Waals surface area contributed by atoms with E-state index in [1.807, 2.05) is 23.9 Å². The van der Waals surface area contributed by atoms with Gasteiger partial charge >= 0.3 is 0 Å². The van der Waals surface area contributed by atoms with Crippen LogP contribution >= 0.6 is 11.8 Å². The number of nitrogens with two attached hydrogens (primary N) is 1. The van der Waals surface area contributed by atoms with Gasteiger partial charge in [0.15, 0.2) is 0 Å². The van der Waals surface area contributed by atoms with Crippen LogP contribution in [0, 0.1) is 11.3 Å². The van der Waals surface area contributed by atoms with E-state index in [1.165, 1.54) is 12.2 Å². The molecule has 1 aliphatic heterocycles. The maximum atomic E-state index is 8.89. The first-order chi connectivity index (χ1) is 7.72. The maximum Gasteiger partial charge on any atom is 0.0992 e. The summed E-state index contributed by atoms with van der Waals surface area (Å²) in [6.45, 7) is 0. The number of nitrogens with zero attached hydrogens (tertiary/aromatic N) is 2. The summed E-state index contributed by atoms with van der Waals surface area (Å²) in [7, 11) is 2.06. The smallest absolute Gasteiger partial charge is 0.0992 e.